The molecule has 0 saturated heterocycles. The third kappa shape index (κ3) is 6.27. The van der Waals surface area contributed by atoms with E-state index < -0.39 is 5.91 Å². The highest BCUT2D eigenvalue weighted by Gasteiger charge is 2.15. The molecule has 3 heterocycles. The van der Waals surface area contributed by atoms with Crippen LogP contribution >= 0.6 is 27.7 Å². The molecule has 0 atom stereocenters. The summed E-state index contributed by atoms with van der Waals surface area (Å²) in [7, 11) is 0. The molecule has 0 aliphatic carbocycles. The summed E-state index contributed by atoms with van der Waals surface area (Å²) in [5.41, 5.74) is 8.42. The lowest BCUT2D eigenvalue weighted by Crippen LogP contribution is -2.13. The second-order valence-corrected chi connectivity index (χ2v) is 11.2. The summed E-state index contributed by atoms with van der Waals surface area (Å²) in [6, 6.07) is 19.8. The number of nitrogens with two attached hydrogens (primary N) is 1. The lowest BCUT2D eigenvalue weighted by Gasteiger charge is -2.15. The minimum absolute atomic E-state index is 0.259. The number of primary amides is 1. The van der Waals surface area contributed by atoms with Crippen LogP contribution in [0.1, 0.15) is 46.2 Å². The normalized spacial score (nSPS) is 11.0. The van der Waals surface area contributed by atoms with Gasteiger partial charge in [0.2, 0.25) is 5.91 Å². The first kappa shape index (κ1) is 27.2. The molecule has 3 aromatic heterocycles. The Kier molecular flexibility index (Phi) is 8.04. The van der Waals surface area contributed by atoms with E-state index in [-0.39, 0.29) is 11.8 Å². The smallest absolute Gasteiger partial charge is 0.256 e. The van der Waals surface area contributed by atoms with Crippen molar-refractivity contribution >= 4 is 67.9 Å². The summed E-state index contributed by atoms with van der Waals surface area (Å²) in [5.74, 6) is 0.459. The van der Waals surface area contributed by atoms with Crippen LogP contribution in [0.4, 0.5) is 17.3 Å². The van der Waals surface area contributed by atoms with Crippen molar-refractivity contribution in [3.63, 3.8) is 0 Å². The van der Waals surface area contributed by atoms with Gasteiger partial charge in [0, 0.05) is 37.3 Å². The van der Waals surface area contributed by atoms with Gasteiger partial charge in [-0.2, -0.15) is 0 Å². The minimum atomic E-state index is -0.487. The molecule has 9 nitrogen and oxygen atoms in total. The van der Waals surface area contributed by atoms with Crippen molar-refractivity contribution in [2.75, 3.05) is 10.6 Å². The van der Waals surface area contributed by atoms with E-state index in [2.05, 4.69) is 60.3 Å². The molecule has 0 aliphatic rings. The van der Waals surface area contributed by atoms with Crippen molar-refractivity contribution in [2.45, 2.75) is 29.6 Å². The number of hydrogen-bond acceptors (Lipinski definition) is 8. The van der Waals surface area contributed by atoms with Crippen molar-refractivity contribution in [3.05, 3.63) is 101 Å². The van der Waals surface area contributed by atoms with E-state index in [9.17, 15) is 9.59 Å². The summed E-state index contributed by atoms with van der Waals surface area (Å²) < 4.78 is 0.814. The van der Waals surface area contributed by atoms with Gasteiger partial charge < -0.3 is 16.4 Å². The number of halogens is 1. The Morgan fingerprint density at radius 1 is 0.925 bits per heavy atom. The van der Waals surface area contributed by atoms with E-state index >= 15 is 0 Å². The van der Waals surface area contributed by atoms with Crippen LogP contribution in [0.2, 0.25) is 0 Å². The number of aromatic nitrogens is 4. The molecule has 200 valence electrons. The van der Waals surface area contributed by atoms with Crippen molar-refractivity contribution < 1.29 is 9.59 Å². The van der Waals surface area contributed by atoms with Crippen LogP contribution in [-0.4, -0.2) is 31.8 Å². The Hall–Kier alpha value is -4.35. The third-order valence-electron chi connectivity index (χ3n) is 5.94. The number of pyridine rings is 2. The zero-order chi connectivity index (χ0) is 28.2. The standard InChI is InChI=1S/C29H24BrN7O2S/c1-16(2)22-10-9-21-27(35-22)33-15-34-28(21)36-23-13-18(29(39)37-25-12-6-19(30)14-32-25)5-11-24(23)40-20-7-3-17(4-8-20)26(31)38/h3-16H,1-2H3,(H2,31,38)(H,32,37,39)(H,33,34,35,36). The number of anilines is 3. The van der Waals surface area contributed by atoms with Crippen LogP contribution in [0.5, 0.6) is 0 Å². The van der Waals surface area contributed by atoms with Gasteiger partial charge in [0.25, 0.3) is 5.91 Å². The molecule has 0 bridgehead atoms. The predicted octanol–water partition coefficient (Wildman–Crippen LogP) is 6.55. The lowest BCUT2D eigenvalue weighted by atomic mass is 10.1. The first-order valence-corrected chi connectivity index (χ1v) is 13.9. The molecule has 0 radical (unpaired) electrons. The Morgan fingerprint density at radius 2 is 1.70 bits per heavy atom. The molecule has 40 heavy (non-hydrogen) atoms. The zero-order valence-corrected chi connectivity index (χ0v) is 24.0. The molecule has 0 spiro atoms. The number of rotatable bonds is 8. The SMILES string of the molecule is CC(C)c1ccc2c(Nc3cc(C(=O)Nc4ccc(Br)cn4)ccc3Sc3ccc(C(N)=O)cc3)ncnc2n1. The summed E-state index contributed by atoms with van der Waals surface area (Å²) in [5, 5.41) is 6.97. The zero-order valence-electron chi connectivity index (χ0n) is 21.6. The molecule has 2 aromatic carbocycles. The fourth-order valence-electron chi connectivity index (χ4n) is 3.82. The highest BCUT2D eigenvalue weighted by molar-refractivity contribution is 9.10. The molecule has 2 amide bonds. The highest BCUT2D eigenvalue weighted by Crippen LogP contribution is 2.36. The van der Waals surface area contributed by atoms with Crippen LogP contribution in [0.25, 0.3) is 11.0 Å². The van der Waals surface area contributed by atoms with E-state index in [0.29, 0.717) is 34.1 Å². The van der Waals surface area contributed by atoms with Gasteiger partial charge in [0.1, 0.15) is 18.0 Å². The maximum atomic E-state index is 13.1. The molecule has 5 rings (SSSR count). The lowest BCUT2D eigenvalue weighted by molar-refractivity contribution is 0.0997. The summed E-state index contributed by atoms with van der Waals surface area (Å²) in [6.07, 6.45) is 3.08. The second kappa shape index (κ2) is 11.8. The number of amides is 2. The number of hydrogen-bond donors (Lipinski definition) is 3. The number of carbonyl (C=O) groups excluding carboxylic acids is 2. The van der Waals surface area contributed by atoms with Crippen LogP contribution in [0.15, 0.2) is 93.5 Å². The summed E-state index contributed by atoms with van der Waals surface area (Å²) in [6.45, 7) is 4.16. The van der Waals surface area contributed by atoms with Gasteiger partial charge in [-0.15, -0.1) is 0 Å². The van der Waals surface area contributed by atoms with Crippen LogP contribution in [-0.2, 0) is 0 Å². The van der Waals surface area contributed by atoms with Gasteiger partial charge in [-0.3, -0.25) is 9.59 Å². The summed E-state index contributed by atoms with van der Waals surface area (Å²) >= 11 is 4.82. The third-order valence-corrected chi connectivity index (χ3v) is 7.49. The molecule has 0 unspecified atom stereocenters. The van der Waals surface area contributed by atoms with E-state index in [1.165, 1.54) is 18.1 Å². The molecule has 5 aromatic rings. The second-order valence-electron chi connectivity index (χ2n) is 9.13. The molecule has 11 heteroatoms. The van der Waals surface area contributed by atoms with Crippen LogP contribution < -0.4 is 16.4 Å². The van der Waals surface area contributed by atoms with Gasteiger partial charge in [-0.1, -0.05) is 25.6 Å². The Balaban J connectivity index is 1.51. The number of nitrogens with zero attached hydrogens (tertiary/aromatic N) is 4. The van der Waals surface area contributed by atoms with Crippen molar-refractivity contribution in [1.82, 2.24) is 19.9 Å². The largest absolute Gasteiger partial charge is 0.366 e. The number of fused-ring (bicyclic) bond motifs is 1. The summed E-state index contributed by atoms with van der Waals surface area (Å²) in [4.78, 5) is 44.1. The molecule has 0 aliphatic heterocycles. The molecule has 4 N–H and O–H groups in total. The fourth-order valence-corrected chi connectivity index (χ4v) is 4.93. The van der Waals surface area contributed by atoms with E-state index in [1.54, 1.807) is 42.6 Å². The van der Waals surface area contributed by atoms with Gasteiger partial charge in [0.05, 0.1) is 11.1 Å². The highest BCUT2D eigenvalue weighted by atomic mass is 79.9. The fraction of sp³-hybridized carbons (Fsp3) is 0.103. The maximum absolute atomic E-state index is 13.1. The molecular formula is C29H24BrN7O2S. The van der Waals surface area contributed by atoms with Crippen LogP contribution in [0.3, 0.4) is 0 Å². The van der Waals surface area contributed by atoms with Crippen LogP contribution in [0, 0.1) is 0 Å². The van der Waals surface area contributed by atoms with Gasteiger partial charge >= 0.3 is 0 Å². The Labute approximate surface area is 243 Å². The minimum Gasteiger partial charge on any atom is -0.366 e. The van der Waals surface area contributed by atoms with E-state index in [1.807, 2.05) is 30.3 Å². The first-order valence-electron chi connectivity index (χ1n) is 12.3. The van der Waals surface area contributed by atoms with Gasteiger partial charge in [-0.25, -0.2) is 19.9 Å². The average Bonchev–Trinajstić information content (AvgIpc) is 2.95. The first-order chi connectivity index (χ1) is 19.3. The number of benzene rings is 2. The monoisotopic (exact) mass is 613 g/mol. The molecular weight excluding hydrogens is 590 g/mol. The predicted molar refractivity (Wildman–Crippen MR) is 160 cm³/mol. The quantitative estimate of drug-likeness (QED) is 0.179. The maximum Gasteiger partial charge on any atom is 0.256 e. The van der Waals surface area contributed by atoms with Crippen molar-refractivity contribution in [3.8, 4) is 0 Å². The van der Waals surface area contributed by atoms with E-state index in [0.717, 1.165) is 25.3 Å². The van der Waals surface area contributed by atoms with Gasteiger partial charge in [0.15, 0.2) is 5.65 Å². The topological polar surface area (TPSA) is 136 Å². The van der Waals surface area contributed by atoms with Crippen molar-refractivity contribution in [2.24, 2.45) is 5.73 Å². The molecule has 0 saturated carbocycles. The van der Waals surface area contributed by atoms with E-state index in [4.69, 9.17) is 5.73 Å². The Bertz CT molecular complexity index is 1710. The average molecular weight is 615 g/mol. The van der Waals surface area contributed by atoms with Gasteiger partial charge in [-0.05, 0) is 88.6 Å². The Morgan fingerprint density at radius 3 is 2.40 bits per heavy atom. The molecule has 0 fully saturated rings. The van der Waals surface area contributed by atoms with Crippen molar-refractivity contribution in [1.29, 1.82) is 0 Å². The number of nitrogens with one attached hydrogen (secondary N) is 2. The number of carbonyl (C=O) groups is 2.